The van der Waals surface area contributed by atoms with Gasteiger partial charge in [-0.2, -0.15) is 0 Å². The highest BCUT2D eigenvalue weighted by Crippen LogP contribution is 2.31. The first kappa shape index (κ1) is 12.9. The predicted octanol–water partition coefficient (Wildman–Crippen LogP) is 3.61. The Morgan fingerprint density at radius 3 is 2.67 bits per heavy atom. The van der Waals surface area contributed by atoms with Crippen LogP contribution in [0.4, 0.5) is 0 Å². The Morgan fingerprint density at radius 2 is 1.89 bits per heavy atom. The number of carbonyl (C=O) groups excluding carboxylic acids is 1. The molecule has 0 radical (unpaired) electrons. The molecule has 0 bridgehead atoms. The van der Waals surface area contributed by atoms with Crippen LogP contribution in [0.5, 0.6) is 11.5 Å². The molecule has 1 aromatic carbocycles. The van der Waals surface area contributed by atoms with E-state index in [1.54, 1.807) is 6.07 Å². The van der Waals surface area contributed by atoms with Crippen molar-refractivity contribution in [2.45, 2.75) is 39.0 Å². The molecule has 1 aliphatic heterocycles. The highest BCUT2D eigenvalue weighted by atomic mass is 16.6. The summed E-state index contributed by atoms with van der Waals surface area (Å²) in [5, 5.41) is 0. The standard InChI is InChI=1S/C15H20O3/c1-2-3-4-5-6-13(16)12-7-8-14-15(11-12)18-10-9-17-14/h7-8,11H,2-6,9-10H2,1H3. The van der Waals surface area contributed by atoms with Crippen molar-refractivity contribution >= 4 is 5.78 Å². The molecule has 18 heavy (non-hydrogen) atoms. The number of ether oxygens (including phenoxy) is 2. The largest absolute Gasteiger partial charge is 0.486 e. The molecule has 0 spiro atoms. The van der Waals surface area contributed by atoms with E-state index in [4.69, 9.17) is 9.47 Å². The van der Waals surface area contributed by atoms with Crippen LogP contribution in [0.1, 0.15) is 49.4 Å². The Labute approximate surface area is 108 Å². The second-order valence-electron chi connectivity index (χ2n) is 4.59. The van der Waals surface area contributed by atoms with Crippen molar-refractivity contribution in [3.05, 3.63) is 23.8 Å². The molecule has 0 aliphatic carbocycles. The van der Waals surface area contributed by atoms with Gasteiger partial charge in [0.1, 0.15) is 13.2 Å². The summed E-state index contributed by atoms with van der Waals surface area (Å²) < 4.78 is 10.9. The second-order valence-corrected chi connectivity index (χ2v) is 4.59. The first-order valence-electron chi connectivity index (χ1n) is 6.74. The Bertz CT molecular complexity index is 412. The van der Waals surface area contributed by atoms with Crippen LogP contribution < -0.4 is 9.47 Å². The highest BCUT2D eigenvalue weighted by Gasteiger charge is 2.14. The van der Waals surface area contributed by atoms with Crippen LogP contribution in [0.2, 0.25) is 0 Å². The summed E-state index contributed by atoms with van der Waals surface area (Å²) in [6, 6.07) is 5.46. The topological polar surface area (TPSA) is 35.5 Å². The first-order valence-corrected chi connectivity index (χ1v) is 6.74. The zero-order chi connectivity index (χ0) is 12.8. The summed E-state index contributed by atoms with van der Waals surface area (Å²) in [5.41, 5.74) is 0.732. The number of rotatable bonds is 6. The number of benzene rings is 1. The molecule has 3 heteroatoms. The minimum Gasteiger partial charge on any atom is -0.486 e. The van der Waals surface area contributed by atoms with Crippen molar-refractivity contribution in [1.29, 1.82) is 0 Å². The summed E-state index contributed by atoms with van der Waals surface area (Å²) in [4.78, 5) is 12.0. The molecule has 1 aliphatic rings. The van der Waals surface area contributed by atoms with Gasteiger partial charge in [0.2, 0.25) is 0 Å². The quantitative estimate of drug-likeness (QED) is 0.570. The molecule has 0 amide bonds. The molecule has 0 atom stereocenters. The van der Waals surface area contributed by atoms with Crippen molar-refractivity contribution in [2.24, 2.45) is 0 Å². The molecule has 0 saturated heterocycles. The number of ketones is 1. The minimum atomic E-state index is 0.197. The number of unbranched alkanes of at least 4 members (excludes halogenated alkanes) is 3. The Balaban J connectivity index is 1.94. The van der Waals surface area contributed by atoms with Gasteiger partial charge in [0.15, 0.2) is 17.3 Å². The van der Waals surface area contributed by atoms with Crippen LogP contribution >= 0.6 is 0 Å². The third kappa shape index (κ3) is 3.25. The maximum Gasteiger partial charge on any atom is 0.163 e. The van der Waals surface area contributed by atoms with Crippen LogP contribution in [0.25, 0.3) is 0 Å². The van der Waals surface area contributed by atoms with E-state index in [0.717, 1.165) is 24.2 Å². The number of carbonyl (C=O) groups is 1. The van der Waals surface area contributed by atoms with Gasteiger partial charge in [-0.05, 0) is 24.6 Å². The molecule has 0 unspecified atom stereocenters. The van der Waals surface area contributed by atoms with E-state index < -0.39 is 0 Å². The predicted molar refractivity (Wildman–Crippen MR) is 70.5 cm³/mol. The zero-order valence-electron chi connectivity index (χ0n) is 10.9. The van der Waals surface area contributed by atoms with Gasteiger partial charge >= 0.3 is 0 Å². The molecule has 0 aromatic heterocycles. The van der Waals surface area contributed by atoms with Gasteiger partial charge < -0.3 is 9.47 Å². The molecule has 0 saturated carbocycles. The summed E-state index contributed by atoms with van der Waals surface area (Å²) in [7, 11) is 0. The van der Waals surface area contributed by atoms with Gasteiger partial charge in [-0.15, -0.1) is 0 Å². The van der Waals surface area contributed by atoms with Gasteiger partial charge in [-0.3, -0.25) is 4.79 Å². The third-order valence-electron chi connectivity index (χ3n) is 3.12. The van der Waals surface area contributed by atoms with E-state index >= 15 is 0 Å². The summed E-state index contributed by atoms with van der Waals surface area (Å²) in [6.45, 7) is 3.31. The lowest BCUT2D eigenvalue weighted by Gasteiger charge is -2.18. The van der Waals surface area contributed by atoms with E-state index in [1.165, 1.54) is 12.8 Å². The molecule has 98 valence electrons. The van der Waals surface area contributed by atoms with Gasteiger partial charge in [0.05, 0.1) is 0 Å². The molecule has 0 fully saturated rings. The fourth-order valence-corrected chi connectivity index (χ4v) is 2.07. The fourth-order valence-electron chi connectivity index (χ4n) is 2.07. The van der Waals surface area contributed by atoms with Crippen molar-refractivity contribution in [2.75, 3.05) is 13.2 Å². The molecule has 2 rings (SSSR count). The number of fused-ring (bicyclic) bond motifs is 1. The summed E-state index contributed by atoms with van der Waals surface area (Å²) in [6.07, 6.45) is 5.13. The monoisotopic (exact) mass is 248 g/mol. The summed E-state index contributed by atoms with van der Waals surface area (Å²) in [5.74, 6) is 1.63. The average molecular weight is 248 g/mol. The van der Waals surface area contributed by atoms with E-state index in [2.05, 4.69) is 6.92 Å². The Hall–Kier alpha value is -1.51. The zero-order valence-corrected chi connectivity index (χ0v) is 10.9. The normalized spacial score (nSPS) is 13.4. The molecule has 0 N–H and O–H groups in total. The van der Waals surface area contributed by atoms with Gasteiger partial charge in [0, 0.05) is 12.0 Å². The van der Waals surface area contributed by atoms with Gasteiger partial charge in [0.25, 0.3) is 0 Å². The van der Waals surface area contributed by atoms with Crippen LogP contribution in [0, 0.1) is 0 Å². The number of hydrogen-bond donors (Lipinski definition) is 0. The Kier molecular flexibility index (Phi) is 4.62. The van der Waals surface area contributed by atoms with Gasteiger partial charge in [-0.25, -0.2) is 0 Å². The van der Waals surface area contributed by atoms with E-state index in [1.807, 2.05) is 12.1 Å². The molecule has 3 nitrogen and oxygen atoms in total. The Morgan fingerprint density at radius 1 is 1.11 bits per heavy atom. The van der Waals surface area contributed by atoms with Crippen molar-refractivity contribution in [3.63, 3.8) is 0 Å². The summed E-state index contributed by atoms with van der Waals surface area (Å²) >= 11 is 0. The van der Waals surface area contributed by atoms with E-state index in [9.17, 15) is 4.79 Å². The molecular formula is C15H20O3. The van der Waals surface area contributed by atoms with Crippen LogP contribution in [-0.4, -0.2) is 19.0 Å². The molecule has 1 aromatic rings. The lowest BCUT2D eigenvalue weighted by Crippen LogP contribution is -2.15. The van der Waals surface area contributed by atoms with Crippen molar-refractivity contribution in [1.82, 2.24) is 0 Å². The number of Topliss-reactive ketones (excluding diaryl/α,β-unsaturated/α-hetero) is 1. The van der Waals surface area contributed by atoms with Crippen LogP contribution in [-0.2, 0) is 0 Å². The smallest absolute Gasteiger partial charge is 0.163 e. The van der Waals surface area contributed by atoms with Crippen molar-refractivity contribution < 1.29 is 14.3 Å². The fraction of sp³-hybridized carbons (Fsp3) is 0.533. The SMILES string of the molecule is CCCCCCC(=O)c1ccc2c(c1)OCCO2. The molecule has 1 heterocycles. The minimum absolute atomic E-state index is 0.197. The highest BCUT2D eigenvalue weighted by molar-refractivity contribution is 5.96. The average Bonchev–Trinajstić information content (AvgIpc) is 2.43. The van der Waals surface area contributed by atoms with Crippen molar-refractivity contribution in [3.8, 4) is 11.5 Å². The van der Waals surface area contributed by atoms with E-state index in [0.29, 0.717) is 25.4 Å². The van der Waals surface area contributed by atoms with Gasteiger partial charge in [-0.1, -0.05) is 26.2 Å². The van der Waals surface area contributed by atoms with Crippen LogP contribution in [0.3, 0.4) is 0 Å². The second kappa shape index (κ2) is 6.43. The number of hydrogen-bond acceptors (Lipinski definition) is 3. The first-order chi connectivity index (χ1) is 8.81. The maximum atomic E-state index is 12.0. The van der Waals surface area contributed by atoms with E-state index in [-0.39, 0.29) is 5.78 Å². The maximum absolute atomic E-state index is 12.0. The van der Waals surface area contributed by atoms with Crippen LogP contribution in [0.15, 0.2) is 18.2 Å². The molecular weight excluding hydrogens is 228 g/mol. The lowest BCUT2D eigenvalue weighted by molar-refractivity contribution is 0.0978. The lowest BCUT2D eigenvalue weighted by atomic mass is 10.0. The third-order valence-corrected chi connectivity index (χ3v) is 3.12.